The predicted octanol–water partition coefficient (Wildman–Crippen LogP) is 5.17. The number of halogens is 3. The number of rotatable bonds is 4. The lowest BCUT2D eigenvalue weighted by molar-refractivity contribution is -0.183. The Morgan fingerprint density at radius 1 is 0.969 bits per heavy atom. The molecule has 1 aliphatic heterocycles. The molecule has 3 aromatic rings. The van der Waals surface area contributed by atoms with Gasteiger partial charge in [-0.3, -0.25) is 14.3 Å². The number of amides is 1. The second kappa shape index (κ2) is 8.58. The molecule has 32 heavy (non-hydrogen) atoms. The van der Waals surface area contributed by atoms with Crippen LogP contribution in [0, 0.1) is 29.3 Å². The van der Waals surface area contributed by atoms with E-state index in [1.54, 1.807) is 12.3 Å². The first-order chi connectivity index (χ1) is 15.5. The van der Waals surface area contributed by atoms with Crippen LogP contribution in [0.3, 0.4) is 0 Å². The van der Waals surface area contributed by atoms with Crippen molar-refractivity contribution in [3.05, 3.63) is 65.6 Å². The highest BCUT2D eigenvalue weighted by molar-refractivity contribution is 5.79. The average Bonchev–Trinajstić information content (AvgIpc) is 3.40. The highest BCUT2D eigenvalue weighted by Crippen LogP contribution is 2.37. The number of carbonyl (C=O) groups is 1. The van der Waals surface area contributed by atoms with E-state index in [1.165, 1.54) is 29.3 Å². The Morgan fingerprint density at radius 3 is 2.47 bits per heavy atom. The topological polar surface area (TPSA) is 47.4 Å². The van der Waals surface area contributed by atoms with Gasteiger partial charge in [0.05, 0.1) is 24.4 Å². The van der Waals surface area contributed by atoms with E-state index in [4.69, 9.17) is 4.84 Å². The molecule has 0 radical (unpaired) electrons. The standard InChI is InChI=1S/C24H24F3N3O2/c25-19-5-6-22-18(11-19)13-28-29(22)14-15-1-3-16(4-2-15)24(31)30-23(7-8-32-30)17-9-20(26)12-21(27)10-17/h5-6,9-13,15-16,23H,1-4,7-8,14H2/t15?,16?,23-/m0/s1. The molecule has 0 bridgehead atoms. The molecule has 0 unspecified atom stereocenters. The van der Waals surface area contributed by atoms with Gasteiger partial charge >= 0.3 is 0 Å². The molecular formula is C24H24F3N3O2. The molecule has 1 saturated heterocycles. The van der Waals surface area contributed by atoms with E-state index in [0.717, 1.165) is 49.2 Å². The van der Waals surface area contributed by atoms with Crippen molar-refractivity contribution in [3.63, 3.8) is 0 Å². The summed E-state index contributed by atoms with van der Waals surface area (Å²) in [5.74, 6) is -1.51. The van der Waals surface area contributed by atoms with Crippen LogP contribution < -0.4 is 0 Å². The number of nitrogens with zero attached hydrogens (tertiary/aromatic N) is 3. The monoisotopic (exact) mass is 443 g/mol. The Bertz CT molecular complexity index is 1120. The van der Waals surface area contributed by atoms with Crippen molar-refractivity contribution in [2.75, 3.05) is 6.61 Å². The maximum atomic E-state index is 13.7. The number of carbonyl (C=O) groups excluding carboxylic acids is 1. The van der Waals surface area contributed by atoms with Crippen LogP contribution in [0.25, 0.3) is 10.9 Å². The van der Waals surface area contributed by atoms with Crippen LogP contribution in [0.5, 0.6) is 0 Å². The van der Waals surface area contributed by atoms with Crippen molar-refractivity contribution in [1.82, 2.24) is 14.8 Å². The number of benzene rings is 2. The van der Waals surface area contributed by atoms with Crippen LogP contribution >= 0.6 is 0 Å². The summed E-state index contributed by atoms with van der Waals surface area (Å²) in [6.07, 6.45) is 5.37. The predicted molar refractivity (Wildman–Crippen MR) is 112 cm³/mol. The Kier molecular flexibility index (Phi) is 5.63. The molecule has 2 fully saturated rings. The Labute approximate surface area is 183 Å². The number of hydrogen-bond acceptors (Lipinski definition) is 3. The molecular weight excluding hydrogens is 419 g/mol. The summed E-state index contributed by atoms with van der Waals surface area (Å²) >= 11 is 0. The molecule has 1 saturated carbocycles. The smallest absolute Gasteiger partial charge is 0.249 e. The average molecular weight is 443 g/mol. The molecule has 5 nitrogen and oxygen atoms in total. The first-order valence-corrected chi connectivity index (χ1v) is 11.0. The molecule has 0 N–H and O–H groups in total. The van der Waals surface area contributed by atoms with Gasteiger partial charge in [-0.1, -0.05) is 0 Å². The van der Waals surface area contributed by atoms with E-state index < -0.39 is 17.7 Å². The number of hydroxylamine groups is 2. The van der Waals surface area contributed by atoms with Gasteiger partial charge in [-0.05, 0) is 67.5 Å². The lowest BCUT2D eigenvalue weighted by Crippen LogP contribution is -2.37. The largest absolute Gasteiger partial charge is 0.272 e. The molecule has 8 heteroatoms. The molecule has 1 aromatic heterocycles. The summed E-state index contributed by atoms with van der Waals surface area (Å²) in [7, 11) is 0. The molecule has 1 aliphatic carbocycles. The van der Waals surface area contributed by atoms with E-state index in [9.17, 15) is 18.0 Å². The van der Waals surface area contributed by atoms with Crippen LogP contribution in [-0.4, -0.2) is 27.4 Å². The van der Waals surface area contributed by atoms with Crippen molar-refractivity contribution in [2.24, 2.45) is 11.8 Å². The van der Waals surface area contributed by atoms with E-state index in [2.05, 4.69) is 5.10 Å². The summed E-state index contributed by atoms with van der Waals surface area (Å²) in [4.78, 5) is 18.7. The van der Waals surface area contributed by atoms with Gasteiger partial charge in [-0.2, -0.15) is 5.10 Å². The highest BCUT2D eigenvalue weighted by atomic mass is 19.1. The van der Waals surface area contributed by atoms with E-state index in [-0.39, 0.29) is 17.6 Å². The van der Waals surface area contributed by atoms with Crippen LogP contribution in [-0.2, 0) is 16.2 Å². The van der Waals surface area contributed by atoms with Gasteiger partial charge in [0.2, 0.25) is 5.91 Å². The van der Waals surface area contributed by atoms with Crippen LogP contribution in [0.4, 0.5) is 13.2 Å². The first kappa shape index (κ1) is 21.0. The molecule has 2 aromatic carbocycles. The second-order valence-corrected chi connectivity index (χ2v) is 8.75. The minimum Gasteiger partial charge on any atom is -0.272 e. The Morgan fingerprint density at radius 2 is 1.72 bits per heavy atom. The van der Waals surface area contributed by atoms with Gasteiger partial charge in [0.15, 0.2) is 0 Å². The quantitative estimate of drug-likeness (QED) is 0.559. The zero-order chi connectivity index (χ0) is 22.2. The number of aromatic nitrogens is 2. The molecule has 1 amide bonds. The highest BCUT2D eigenvalue weighted by Gasteiger charge is 2.37. The van der Waals surface area contributed by atoms with Crippen molar-refractivity contribution in [1.29, 1.82) is 0 Å². The third kappa shape index (κ3) is 4.11. The lowest BCUT2D eigenvalue weighted by atomic mass is 9.81. The van der Waals surface area contributed by atoms with Gasteiger partial charge < -0.3 is 0 Å². The molecule has 1 atom stereocenters. The van der Waals surface area contributed by atoms with E-state index in [0.29, 0.717) is 24.5 Å². The molecule has 2 aliphatic rings. The summed E-state index contributed by atoms with van der Waals surface area (Å²) in [6, 6.07) is 7.54. The fraction of sp³-hybridized carbons (Fsp3) is 0.417. The normalized spacial score (nSPS) is 23.7. The SMILES string of the molecule is O=C(C1CCC(Cn2ncc3cc(F)ccc32)CC1)N1OCC[C@H]1c1cc(F)cc(F)c1. The van der Waals surface area contributed by atoms with Gasteiger partial charge in [0, 0.05) is 30.3 Å². The lowest BCUT2D eigenvalue weighted by Gasteiger charge is -2.32. The third-order valence-electron chi connectivity index (χ3n) is 6.62. The van der Waals surface area contributed by atoms with E-state index >= 15 is 0 Å². The zero-order valence-electron chi connectivity index (χ0n) is 17.5. The van der Waals surface area contributed by atoms with Gasteiger partial charge in [0.25, 0.3) is 0 Å². The molecule has 2 heterocycles. The van der Waals surface area contributed by atoms with Gasteiger partial charge in [-0.25, -0.2) is 18.2 Å². The fourth-order valence-corrected chi connectivity index (χ4v) is 4.98. The molecule has 168 valence electrons. The first-order valence-electron chi connectivity index (χ1n) is 11.0. The second-order valence-electron chi connectivity index (χ2n) is 8.75. The van der Waals surface area contributed by atoms with E-state index in [1.807, 2.05) is 4.68 Å². The maximum Gasteiger partial charge on any atom is 0.249 e. The van der Waals surface area contributed by atoms with Crippen molar-refractivity contribution >= 4 is 16.8 Å². The number of fused-ring (bicyclic) bond motifs is 1. The summed E-state index contributed by atoms with van der Waals surface area (Å²) < 4.78 is 42.6. The Balaban J connectivity index is 1.22. The summed E-state index contributed by atoms with van der Waals surface area (Å²) in [5, 5.41) is 6.50. The third-order valence-corrected chi connectivity index (χ3v) is 6.62. The zero-order valence-corrected chi connectivity index (χ0v) is 17.5. The van der Waals surface area contributed by atoms with Crippen LogP contribution in [0.2, 0.25) is 0 Å². The number of hydrogen-bond donors (Lipinski definition) is 0. The fourth-order valence-electron chi connectivity index (χ4n) is 4.98. The van der Waals surface area contributed by atoms with Gasteiger partial charge in [-0.15, -0.1) is 0 Å². The Hall–Kier alpha value is -2.87. The summed E-state index contributed by atoms with van der Waals surface area (Å²) in [6.45, 7) is 1.07. The van der Waals surface area contributed by atoms with Crippen molar-refractivity contribution in [2.45, 2.75) is 44.7 Å². The van der Waals surface area contributed by atoms with Crippen LogP contribution in [0.1, 0.15) is 43.7 Å². The molecule has 0 spiro atoms. The van der Waals surface area contributed by atoms with Crippen molar-refractivity contribution in [3.8, 4) is 0 Å². The minimum absolute atomic E-state index is 0.115. The van der Waals surface area contributed by atoms with Gasteiger partial charge in [0.1, 0.15) is 17.5 Å². The van der Waals surface area contributed by atoms with Crippen LogP contribution in [0.15, 0.2) is 42.6 Å². The summed E-state index contributed by atoms with van der Waals surface area (Å²) in [5.41, 5.74) is 1.32. The maximum absolute atomic E-state index is 13.7. The van der Waals surface area contributed by atoms with Crippen molar-refractivity contribution < 1.29 is 22.8 Å². The molecule has 5 rings (SSSR count). The minimum atomic E-state index is -0.659.